The molecule has 0 aliphatic carbocycles. The summed E-state index contributed by atoms with van der Waals surface area (Å²) in [6.45, 7) is 4.16. The van der Waals surface area contributed by atoms with E-state index >= 15 is 0 Å². The quantitative estimate of drug-likeness (QED) is 0.553. The Labute approximate surface area is 132 Å². The maximum atomic E-state index is 10.7. The first-order valence-corrected chi connectivity index (χ1v) is 7.36. The molecule has 0 amide bonds. The summed E-state index contributed by atoms with van der Waals surface area (Å²) in [7, 11) is 0. The lowest BCUT2D eigenvalue weighted by atomic mass is 10.0. The number of para-hydroxylation sites is 2. The molecule has 1 atom stereocenters. The first kappa shape index (κ1) is 15.0. The highest BCUT2D eigenvalue weighted by molar-refractivity contribution is 5.74. The van der Waals surface area contributed by atoms with Crippen molar-refractivity contribution in [3.63, 3.8) is 0 Å². The zero-order chi connectivity index (χ0) is 16.4. The molecule has 0 spiro atoms. The van der Waals surface area contributed by atoms with Crippen molar-refractivity contribution in [2.75, 3.05) is 5.32 Å². The number of benzene rings is 1. The van der Waals surface area contributed by atoms with Gasteiger partial charge in [0, 0.05) is 6.07 Å². The molecule has 7 heteroatoms. The Morgan fingerprint density at radius 2 is 2.00 bits per heavy atom. The minimum absolute atomic E-state index is 0.0274. The molecule has 0 aliphatic heterocycles. The number of anilines is 1. The van der Waals surface area contributed by atoms with Crippen molar-refractivity contribution in [2.45, 2.75) is 19.9 Å². The average molecular weight is 311 g/mol. The Balaban J connectivity index is 1.88. The summed E-state index contributed by atoms with van der Waals surface area (Å²) < 4.78 is 0. The van der Waals surface area contributed by atoms with Gasteiger partial charge in [-0.15, -0.1) is 0 Å². The van der Waals surface area contributed by atoms with Crippen molar-refractivity contribution < 1.29 is 4.92 Å². The highest BCUT2D eigenvalue weighted by atomic mass is 16.6. The summed E-state index contributed by atoms with van der Waals surface area (Å²) in [6.07, 6.45) is 1.25. The number of rotatable bonds is 5. The maximum Gasteiger partial charge on any atom is 0.287 e. The van der Waals surface area contributed by atoms with Crippen LogP contribution in [0.15, 0.2) is 42.6 Å². The van der Waals surface area contributed by atoms with Crippen LogP contribution in [-0.2, 0) is 0 Å². The van der Waals surface area contributed by atoms with Gasteiger partial charge in [-0.2, -0.15) is 0 Å². The van der Waals surface area contributed by atoms with Gasteiger partial charge in [0.2, 0.25) is 0 Å². The molecule has 1 unspecified atom stereocenters. The van der Waals surface area contributed by atoms with Gasteiger partial charge in [-0.3, -0.25) is 10.1 Å². The summed E-state index contributed by atoms with van der Waals surface area (Å²) in [5.41, 5.74) is 1.86. The van der Waals surface area contributed by atoms with Crippen LogP contribution in [0.25, 0.3) is 11.0 Å². The number of nitrogens with one attached hydrogen (secondary N) is 2. The Morgan fingerprint density at radius 3 is 2.61 bits per heavy atom. The monoisotopic (exact) mass is 311 g/mol. The summed E-state index contributed by atoms with van der Waals surface area (Å²) in [4.78, 5) is 22.3. The summed E-state index contributed by atoms with van der Waals surface area (Å²) in [5.74, 6) is 1.66. The Hall–Kier alpha value is -2.96. The molecule has 1 aromatic carbocycles. The first-order valence-electron chi connectivity index (χ1n) is 7.36. The highest BCUT2D eigenvalue weighted by Gasteiger charge is 2.20. The van der Waals surface area contributed by atoms with E-state index < -0.39 is 4.92 Å². The number of pyridine rings is 1. The van der Waals surface area contributed by atoms with Gasteiger partial charge in [-0.05, 0) is 24.1 Å². The van der Waals surface area contributed by atoms with Crippen molar-refractivity contribution in [2.24, 2.45) is 5.92 Å². The molecule has 0 radical (unpaired) electrons. The maximum absolute atomic E-state index is 10.7. The van der Waals surface area contributed by atoms with Crippen LogP contribution in [-0.4, -0.2) is 19.9 Å². The SMILES string of the molecule is CC(C)C(Nc1ccc([N+](=O)[O-])cn1)c1nc2ccccc2[nH]1. The van der Waals surface area contributed by atoms with Crippen LogP contribution in [0.3, 0.4) is 0 Å². The lowest BCUT2D eigenvalue weighted by Crippen LogP contribution is -2.18. The zero-order valence-electron chi connectivity index (χ0n) is 12.9. The predicted molar refractivity (Wildman–Crippen MR) is 88.2 cm³/mol. The first-order chi connectivity index (χ1) is 11.0. The molecule has 0 saturated carbocycles. The number of H-pyrrole nitrogens is 1. The summed E-state index contributed by atoms with van der Waals surface area (Å²) >= 11 is 0. The van der Waals surface area contributed by atoms with Crippen LogP contribution in [0.5, 0.6) is 0 Å². The van der Waals surface area contributed by atoms with Gasteiger partial charge in [0.05, 0.1) is 22.0 Å². The molecule has 3 rings (SSSR count). The van der Waals surface area contributed by atoms with E-state index in [2.05, 4.69) is 34.1 Å². The number of imidazole rings is 1. The van der Waals surface area contributed by atoms with Crippen molar-refractivity contribution in [3.8, 4) is 0 Å². The van der Waals surface area contributed by atoms with Crippen LogP contribution in [0.1, 0.15) is 25.7 Å². The third kappa shape index (κ3) is 3.13. The lowest BCUT2D eigenvalue weighted by molar-refractivity contribution is -0.385. The van der Waals surface area contributed by atoms with E-state index in [1.807, 2.05) is 24.3 Å². The topological polar surface area (TPSA) is 96.7 Å². The fourth-order valence-corrected chi connectivity index (χ4v) is 2.41. The van der Waals surface area contributed by atoms with Crippen molar-refractivity contribution in [1.29, 1.82) is 0 Å². The number of aromatic nitrogens is 3. The van der Waals surface area contributed by atoms with Crippen LogP contribution in [0.2, 0.25) is 0 Å². The third-order valence-electron chi connectivity index (χ3n) is 3.63. The molecule has 0 bridgehead atoms. The van der Waals surface area contributed by atoms with E-state index in [1.54, 1.807) is 6.07 Å². The van der Waals surface area contributed by atoms with E-state index in [0.29, 0.717) is 5.82 Å². The Bertz CT molecular complexity index is 793. The molecule has 2 heterocycles. The molecule has 3 aromatic rings. The molecule has 23 heavy (non-hydrogen) atoms. The third-order valence-corrected chi connectivity index (χ3v) is 3.63. The molecule has 7 nitrogen and oxygen atoms in total. The number of fused-ring (bicyclic) bond motifs is 1. The number of nitro groups is 1. The molecule has 0 saturated heterocycles. The number of aromatic amines is 1. The van der Waals surface area contributed by atoms with Crippen LogP contribution >= 0.6 is 0 Å². The second-order valence-corrected chi connectivity index (χ2v) is 5.66. The van der Waals surface area contributed by atoms with Crippen molar-refractivity contribution in [3.05, 3.63) is 58.5 Å². The predicted octanol–water partition coefficient (Wildman–Crippen LogP) is 3.68. The summed E-state index contributed by atoms with van der Waals surface area (Å²) in [6, 6.07) is 10.8. The highest BCUT2D eigenvalue weighted by Crippen LogP contribution is 2.26. The van der Waals surface area contributed by atoms with Gasteiger partial charge in [0.15, 0.2) is 0 Å². The minimum Gasteiger partial charge on any atom is -0.360 e. The van der Waals surface area contributed by atoms with Crippen LogP contribution in [0, 0.1) is 16.0 Å². The van der Waals surface area contributed by atoms with Gasteiger partial charge >= 0.3 is 0 Å². The second kappa shape index (κ2) is 6.04. The molecular weight excluding hydrogens is 294 g/mol. The molecule has 2 N–H and O–H groups in total. The van der Waals surface area contributed by atoms with Crippen molar-refractivity contribution >= 4 is 22.5 Å². The van der Waals surface area contributed by atoms with Gasteiger partial charge in [0.1, 0.15) is 17.8 Å². The van der Waals surface area contributed by atoms with Crippen LogP contribution < -0.4 is 5.32 Å². The number of hydrogen-bond donors (Lipinski definition) is 2. The smallest absolute Gasteiger partial charge is 0.287 e. The van der Waals surface area contributed by atoms with Crippen molar-refractivity contribution in [1.82, 2.24) is 15.0 Å². The van der Waals surface area contributed by atoms with E-state index in [9.17, 15) is 10.1 Å². The molecule has 2 aromatic heterocycles. The normalized spacial score (nSPS) is 12.5. The molecule has 0 aliphatic rings. The van der Waals surface area contributed by atoms with E-state index in [-0.39, 0.29) is 17.6 Å². The Morgan fingerprint density at radius 1 is 1.22 bits per heavy atom. The van der Waals surface area contributed by atoms with E-state index in [0.717, 1.165) is 16.9 Å². The van der Waals surface area contributed by atoms with Gasteiger partial charge in [-0.1, -0.05) is 26.0 Å². The fourth-order valence-electron chi connectivity index (χ4n) is 2.41. The zero-order valence-corrected chi connectivity index (χ0v) is 12.9. The average Bonchev–Trinajstić information content (AvgIpc) is 2.96. The van der Waals surface area contributed by atoms with E-state index in [1.165, 1.54) is 12.3 Å². The second-order valence-electron chi connectivity index (χ2n) is 5.66. The standard InChI is InChI=1S/C16H17N5O2/c1-10(2)15(16-18-12-5-3-4-6-13(12)19-16)20-14-8-7-11(9-17-14)21(22)23/h3-10,15H,1-2H3,(H,17,20)(H,18,19). The molecule has 118 valence electrons. The van der Waals surface area contributed by atoms with E-state index in [4.69, 9.17) is 0 Å². The molecular formula is C16H17N5O2. The van der Waals surface area contributed by atoms with Gasteiger partial charge in [0.25, 0.3) is 5.69 Å². The molecule has 0 fully saturated rings. The fraction of sp³-hybridized carbons (Fsp3) is 0.250. The van der Waals surface area contributed by atoms with Crippen LogP contribution in [0.4, 0.5) is 11.5 Å². The van der Waals surface area contributed by atoms with Gasteiger partial charge < -0.3 is 10.3 Å². The van der Waals surface area contributed by atoms with Gasteiger partial charge in [-0.25, -0.2) is 9.97 Å². The summed E-state index contributed by atoms with van der Waals surface area (Å²) in [5, 5.41) is 14.0. The number of hydrogen-bond acceptors (Lipinski definition) is 5. The minimum atomic E-state index is -0.462. The lowest BCUT2D eigenvalue weighted by Gasteiger charge is -2.20. The largest absolute Gasteiger partial charge is 0.360 e. The Kier molecular flexibility index (Phi) is 3.92. The number of nitrogens with zero attached hydrogens (tertiary/aromatic N) is 3.